The molecule has 3 aromatic carbocycles. The van der Waals surface area contributed by atoms with Crippen molar-refractivity contribution >= 4 is 41.0 Å². The van der Waals surface area contributed by atoms with Gasteiger partial charge in [0, 0.05) is 24.1 Å². The Labute approximate surface area is 336 Å². The number of aromatic amines is 1. The second kappa shape index (κ2) is 18.6. The fraction of sp³-hybridized carbons (Fsp3) is 0.366. The van der Waals surface area contributed by atoms with Gasteiger partial charge in [-0.05, 0) is 104 Å². The first kappa shape index (κ1) is 41.7. The lowest BCUT2D eigenvalue weighted by atomic mass is 9.86. The number of carbonyl (C=O) groups excluding carboxylic acids is 3. The molecular formula is C41H40Cl2F3N3O8. The van der Waals surface area contributed by atoms with Crippen LogP contribution in [0, 0.1) is 17.7 Å². The van der Waals surface area contributed by atoms with Crippen molar-refractivity contribution in [2.45, 2.75) is 57.0 Å². The van der Waals surface area contributed by atoms with E-state index in [2.05, 4.69) is 15.2 Å². The average Bonchev–Trinajstić information content (AvgIpc) is 4.03. The molecule has 8 rings (SSSR count). The van der Waals surface area contributed by atoms with E-state index < -0.39 is 42.4 Å². The number of hydrogen-bond donors (Lipinski definition) is 1. The normalized spacial score (nSPS) is 19.5. The first-order valence-corrected chi connectivity index (χ1v) is 19.1. The predicted octanol–water partition coefficient (Wildman–Crippen LogP) is 7.41. The molecule has 2 bridgehead atoms. The van der Waals surface area contributed by atoms with E-state index in [1.165, 1.54) is 79.1 Å². The number of piperidine rings is 3. The van der Waals surface area contributed by atoms with Gasteiger partial charge in [0.15, 0.2) is 29.9 Å². The van der Waals surface area contributed by atoms with Crippen molar-refractivity contribution in [3.8, 4) is 11.5 Å². The minimum absolute atomic E-state index is 0. The highest BCUT2D eigenvalue weighted by molar-refractivity contribution is 6.35. The van der Waals surface area contributed by atoms with Crippen LogP contribution in [0.25, 0.3) is 0 Å². The molecule has 3 atom stereocenters. The standard InChI is InChI=1S/C41H38Cl2F3N3O7.H2O/c42-31-19-47-20-32(43)30(31)18-34(26-8-11-33(56-41(45)46)35(17-26)53-22-23-4-5-23)54-39(51)28-3-1-2-27(16-28)38(50)48-37(25-6-9-29(44)10-7-25)40(52)55-36-21-49-14-12-24(36)13-15-49;/h1-3,6-11,16-17,19-20,23-24,34,36-37,41H,4-5,12-15,18,21-22H2,(H,48,50);1H2/t34-,36-,37?;/m0./s1. The molecule has 16 heteroatoms. The van der Waals surface area contributed by atoms with Crippen molar-refractivity contribution < 1.29 is 57.0 Å². The van der Waals surface area contributed by atoms with Gasteiger partial charge in [-0.2, -0.15) is 8.78 Å². The second-order valence-electron chi connectivity index (χ2n) is 14.2. The van der Waals surface area contributed by atoms with Crippen LogP contribution in [0.1, 0.15) is 75.2 Å². The van der Waals surface area contributed by atoms with E-state index in [9.17, 15) is 27.6 Å². The number of hydrogen-bond acceptors (Lipinski definition) is 9. The molecule has 11 nitrogen and oxygen atoms in total. The lowest BCUT2D eigenvalue weighted by Gasteiger charge is -2.44. The van der Waals surface area contributed by atoms with Crippen molar-refractivity contribution in [3.05, 3.63) is 123 Å². The summed E-state index contributed by atoms with van der Waals surface area (Å²) in [6.45, 7) is -0.298. The number of alkyl halides is 2. The fourth-order valence-electron chi connectivity index (χ4n) is 7.00. The van der Waals surface area contributed by atoms with Gasteiger partial charge in [-0.25, -0.2) is 19.0 Å². The summed E-state index contributed by atoms with van der Waals surface area (Å²) in [6.07, 6.45) is 5.35. The lowest BCUT2D eigenvalue weighted by molar-refractivity contribution is -0.377. The Balaban J connectivity index is 0.00000549. The van der Waals surface area contributed by atoms with Crippen LogP contribution in [0.5, 0.6) is 11.5 Å². The maximum atomic E-state index is 13.9. The summed E-state index contributed by atoms with van der Waals surface area (Å²) in [4.78, 5) is 46.3. The number of nitrogens with zero attached hydrogens (tertiary/aromatic N) is 1. The highest BCUT2D eigenvalue weighted by Crippen LogP contribution is 2.38. The Morgan fingerprint density at radius 2 is 1.56 bits per heavy atom. The lowest BCUT2D eigenvalue weighted by Crippen LogP contribution is -2.52. The van der Waals surface area contributed by atoms with Gasteiger partial charge in [-0.15, -0.1) is 0 Å². The molecule has 3 aliphatic heterocycles. The number of amides is 1. The van der Waals surface area contributed by atoms with Gasteiger partial charge in [0.25, 0.3) is 5.91 Å². The first-order valence-electron chi connectivity index (χ1n) is 18.4. The number of esters is 2. The molecule has 302 valence electrons. The van der Waals surface area contributed by atoms with Crippen molar-refractivity contribution in [3.63, 3.8) is 0 Å². The Morgan fingerprint density at radius 1 is 0.877 bits per heavy atom. The van der Waals surface area contributed by atoms with Gasteiger partial charge in [0.05, 0.1) is 12.2 Å². The van der Waals surface area contributed by atoms with E-state index in [1.807, 2.05) is 0 Å². The number of ether oxygens (including phenoxy) is 4. The van der Waals surface area contributed by atoms with E-state index in [0.29, 0.717) is 35.8 Å². The smallest absolute Gasteiger partial charge is 0.387 e. The number of aromatic nitrogens is 1. The van der Waals surface area contributed by atoms with Crippen molar-refractivity contribution in [1.82, 2.24) is 10.2 Å². The molecule has 1 amide bonds. The molecule has 3 saturated heterocycles. The van der Waals surface area contributed by atoms with E-state index in [4.69, 9.17) is 42.1 Å². The number of carbonyl (C=O) groups is 3. The Kier molecular flexibility index (Phi) is 13.6. The number of rotatable bonds is 15. The maximum absolute atomic E-state index is 13.9. The van der Waals surface area contributed by atoms with Gasteiger partial charge >= 0.3 is 18.6 Å². The van der Waals surface area contributed by atoms with E-state index in [-0.39, 0.29) is 56.6 Å². The number of pyridine rings is 1. The zero-order chi connectivity index (χ0) is 39.3. The highest BCUT2D eigenvalue weighted by Gasteiger charge is 2.38. The van der Waals surface area contributed by atoms with Crippen LogP contribution in [0.4, 0.5) is 13.2 Å². The third kappa shape index (κ3) is 10.5. The number of halogens is 5. The summed E-state index contributed by atoms with van der Waals surface area (Å²) < 4.78 is 63.0. The zero-order valence-electron chi connectivity index (χ0n) is 30.5. The summed E-state index contributed by atoms with van der Waals surface area (Å²) in [5, 5.41) is 3.25. The minimum atomic E-state index is -3.10. The molecule has 4 fully saturated rings. The monoisotopic (exact) mass is 829 g/mol. The summed E-state index contributed by atoms with van der Waals surface area (Å²) in [7, 11) is 0. The van der Waals surface area contributed by atoms with Gasteiger partial charge in [0.1, 0.15) is 28.1 Å². The van der Waals surface area contributed by atoms with Crippen LogP contribution in [-0.2, 0) is 20.7 Å². The van der Waals surface area contributed by atoms with Crippen LogP contribution in [0.3, 0.4) is 0 Å². The molecule has 1 unspecified atom stereocenters. The molecule has 4 aromatic rings. The molecule has 0 radical (unpaired) electrons. The van der Waals surface area contributed by atoms with Gasteiger partial charge < -0.3 is 29.7 Å². The van der Waals surface area contributed by atoms with E-state index in [1.54, 1.807) is 0 Å². The summed E-state index contributed by atoms with van der Waals surface area (Å²) >= 11 is 13.0. The van der Waals surface area contributed by atoms with Gasteiger partial charge in [0.2, 0.25) is 0 Å². The Bertz CT molecular complexity index is 2050. The van der Waals surface area contributed by atoms with Crippen molar-refractivity contribution in [1.29, 1.82) is 0 Å². The van der Waals surface area contributed by atoms with Gasteiger partial charge in [-0.1, -0.05) is 47.5 Å². The quantitative estimate of drug-likeness (QED) is 0.121. The zero-order valence-corrected chi connectivity index (χ0v) is 32.0. The molecular weight excluding hydrogens is 790 g/mol. The SMILES string of the molecule is O=C(NC(C(=O)O[C@H]1CN2CCC1CC2)c1ccc(F)cc1)c1cccc(C(=O)O[C@@H](Cc2c(Cl)c[nH+]cc2Cl)c2ccc(OC(F)F)c(OCC3CC3)c2)c1.[OH-]. The Morgan fingerprint density at radius 3 is 2.21 bits per heavy atom. The molecule has 1 saturated carbocycles. The largest absolute Gasteiger partial charge is 0.870 e. The van der Waals surface area contributed by atoms with Crippen LogP contribution in [0.15, 0.2) is 79.1 Å². The summed E-state index contributed by atoms with van der Waals surface area (Å²) in [5.41, 5.74) is 1.18. The Hall–Kier alpha value is -4.89. The van der Waals surface area contributed by atoms with Crippen LogP contribution < -0.4 is 19.8 Å². The maximum Gasteiger partial charge on any atom is 0.387 e. The minimum Gasteiger partial charge on any atom is -0.870 e. The van der Waals surface area contributed by atoms with Crippen molar-refractivity contribution in [2.24, 2.45) is 11.8 Å². The third-order valence-corrected chi connectivity index (χ3v) is 11.0. The molecule has 3 N–H and O–H groups in total. The molecule has 57 heavy (non-hydrogen) atoms. The van der Waals surface area contributed by atoms with Crippen LogP contribution in [0.2, 0.25) is 10.0 Å². The molecule has 4 aliphatic rings. The average molecular weight is 831 g/mol. The molecule has 1 aliphatic carbocycles. The topological polar surface area (TPSA) is 148 Å². The number of nitrogens with one attached hydrogen (secondary N) is 2. The number of fused-ring (bicyclic) bond motifs is 3. The van der Waals surface area contributed by atoms with E-state index in [0.717, 1.165) is 38.8 Å². The first-order chi connectivity index (χ1) is 27.0. The second-order valence-corrected chi connectivity index (χ2v) is 15.0. The number of benzene rings is 3. The number of H-pyrrole nitrogens is 1. The van der Waals surface area contributed by atoms with Crippen LogP contribution in [-0.4, -0.2) is 67.2 Å². The van der Waals surface area contributed by atoms with Gasteiger partial charge in [-0.3, -0.25) is 9.69 Å². The molecule has 1 aromatic heterocycles. The van der Waals surface area contributed by atoms with E-state index >= 15 is 0 Å². The summed E-state index contributed by atoms with van der Waals surface area (Å²) in [5.74, 6) is -2.31. The molecule has 0 spiro atoms. The predicted molar refractivity (Wildman–Crippen MR) is 200 cm³/mol. The van der Waals surface area contributed by atoms with Crippen LogP contribution >= 0.6 is 23.2 Å². The third-order valence-electron chi connectivity index (χ3n) is 10.3. The summed E-state index contributed by atoms with van der Waals surface area (Å²) in [6, 6.07) is 13.9. The highest BCUT2D eigenvalue weighted by atomic mass is 35.5. The van der Waals surface area contributed by atoms with Crippen molar-refractivity contribution in [2.75, 3.05) is 26.2 Å². The fourth-order valence-corrected chi connectivity index (χ4v) is 7.53. The molecule has 4 heterocycles.